The van der Waals surface area contributed by atoms with Crippen molar-refractivity contribution in [3.8, 4) is 10.6 Å². The van der Waals surface area contributed by atoms with Crippen molar-refractivity contribution in [2.75, 3.05) is 18.0 Å². The third-order valence-electron chi connectivity index (χ3n) is 5.56. The largest absolute Gasteiger partial charge is 0.422 e. The predicted octanol–water partition coefficient (Wildman–Crippen LogP) is 7.36. The molecule has 198 valence electrons. The Balaban J connectivity index is 2.12. The van der Waals surface area contributed by atoms with Gasteiger partial charge in [-0.25, -0.2) is 9.78 Å². The van der Waals surface area contributed by atoms with Crippen LogP contribution < -0.4 is 15.8 Å². The van der Waals surface area contributed by atoms with E-state index >= 15 is 0 Å². The Morgan fingerprint density at radius 3 is 2.16 bits per heavy atom. The van der Waals surface area contributed by atoms with Crippen molar-refractivity contribution in [2.24, 2.45) is 0 Å². The molecule has 0 saturated heterocycles. The molecule has 0 aliphatic heterocycles. The summed E-state index contributed by atoms with van der Waals surface area (Å²) in [4.78, 5) is 20.5. The Morgan fingerprint density at radius 1 is 0.973 bits per heavy atom. The van der Waals surface area contributed by atoms with E-state index in [1.54, 1.807) is 0 Å². The zero-order valence-electron chi connectivity index (χ0n) is 22.7. The molecule has 0 aliphatic carbocycles. The van der Waals surface area contributed by atoms with E-state index in [1.165, 1.54) is 11.3 Å². The van der Waals surface area contributed by atoms with E-state index in [9.17, 15) is 9.36 Å². The second-order valence-corrected chi connectivity index (χ2v) is 13.7. The summed E-state index contributed by atoms with van der Waals surface area (Å²) in [5.74, 6) is 0. The van der Waals surface area contributed by atoms with E-state index in [-0.39, 0.29) is 10.9 Å². The van der Waals surface area contributed by atoms with Gasteiger partial charge in [0.05, 0.1) is 26.7 Å². The molecule has 0 spiro atoms. The molecule has 9 heteroatoms. The molecule has 2 aromatic heterocycles. The van der Waals surface area contributed by atoms with Gasteiger partial charge in [0, 0.05) is 30.2 Å². The van der Waals surface area contributed by atoms with E-state index in [0.29, 0.717) is 16.0 Å². The van der Waals surface area contributed by atoms with Gasteiger partial charge >= 0.3 is 13.2 Å². The number of hydrogen-bond donors (Lipinski definition) is 0. The van der Waals surface area contributed by atoms with Crippen LogP contribution in [0.4, 0.5) is 5.69 Å². The molecule has 4 rings (SSSR count). The van der Waals surface area contributed by atoms with E-state index in [0.717, 1.165) is 29.0 Å². The van der Waals surface area contributed by atoms with Crippen molar-refractivity contribution in [2.45, 2.75) is 66.6 Å². The summed E-state index contributed by atoms with van der Waals surface area (Å²) in [6, 6.07) is 13.2. The number of rotatable bonds is 7. The molecule has 0 saturated carbocycles. The number of nitrogens with zero attached hydrogens (tertiary/aromatic N) is 2. The molecule has 0 radical (unpaired) electrons. The van der Waals surface area contributed by atoms with E-state index in [1.807, 2.05) is 84.0 Å². The number of aromatic nitrogens is 1. The third-order valence-corrected chi connectivity index (χ3v) is 9.20. The minimum absolute atomic E-state index is 0.112. The standard InChI is InChI=1S/C28H35N2O5PS/c1-9-30(10-2)18-15-16-19-21(17-18)33-26(31)23(25-29-20-13-11-12-14-22(20)37-25)24(19)36(32,34-27(3,4)5)35-28(6,7)8/h11-17H,9-10H2,1-8H3. The van der Waals surface area contributed by atoms with Crippen molar-refractivity contribution in [3.05, 3.63) is 52.9 Å². The van der Waals surface area contributed by atoms with Crippen LogP contribution in [0, 0.1) is 0 Å². The van der Waals surface area contributed by atoms with Crippen molar-refractivity contribution in [1.29, 1.82) is 0 Å². The Kier molecular flexibility index (Phi) is 7.43. The maximum Gasteiger partial charge on any atom is 0.364 e. The Labute approximate surface area is 222 Å². The van der Waals surface area contributed by atoms with Crippen LogP contribution in [0.25, 0.3) is 31.8 Å². The summed E-state index contributed by atoms with van der Waals surface area (Å²) >= 11 is 1.34. The Bertz CT molecular complexity index is 1490. The van der Waals surface area contributed by atoms with Crippen LogP contribution in [0.1, 0.15) is 55.4 Å². The Hall–Kier alpha value is -2.51. The molecule has 0 unspecified atom stereocenters. The fraction of sp³-hybridized carbons (Fsp3) is 0.429. The highest BCUT2D eigenvalue weighted by molar-refractivity contribution is 7.63. The second kappa shape index (κ2) is 9.99. The first-order valence-corrected chi connectivity index (χ1v) is 14.8. The van der Waals surface area contributed by atoms with Crippen LogP contribution in [0.15, 0.2) is 51.7 Å². The fourth-order valence-electron chi connectivity index (χ4n) is 4.24. The van der Waals surface area contributed by atoms with Crippen LogP contribution in [-0.2, 0) is 13.6 Å². The first kappa shape index (κ1) is 27.5. The maximum absolute atomic E-state index is 14.9. The van der Waals surface area contributed by atoms with Crippen LogP contribution in [0.2, 0.25) is 0 Å². The van der Waals surface area contributed by atoms with Crippen molar-refractivity contribution in [1.82, 2.24) is 4.98 Å². The van der Waals surface area contributed by atoms with E-state index < -0.39 is 24.4 Å². The first-order chi connectivity index (χ1) is 17.2. The summed E-state index contributed by atoms with van der Waals surface area (Å²) in [5.41, 5.74) is -0.195. The highest BCUT2D eigenvalue weighted by Crippen LogP contribution is 2.56. The normalized spacial score (nSPS) is 13.0. The summed E-state index contributed by atoms with van der Waals surface area (Å²) in [7, 11) is -4.09. The van der Waals surface area contributed by atoms with Gasteiger partial charge in [-0.2, -0.15) is 0 Å². The summed E-state index contributed by atoms with van der Waals surface area (Å²) in [6.45, 7) is 16.6. The average Bonchev–Trinajstić information content (AvgIpc) is 3.20. The monoisotopic (exact) mass is 542 g/mol. The minimum atomic E-state index is -4.09. The number of benzene rings is 2. The van der Waals surface area contributed by atoms with Gasteiger partial charge in [0.1, 0.15) is 16.2 Å². The lowest BCUT2D eigenvalue weighted by atomic mass is 10.1. The molecule has 0 bridgehead atoms. The van der Waals surface area contributed by atoms with Crippen LogP contribution >= 0.6 is 18.9 Å². The molecule has 0 N–H and O–H groups in total. The molecule has 4 aromatic rings. The molecule has 2 aromatic carbocycles. The van der Waals surface area contributed by atoms with Crippen molar-refractivity contribution >= 4 is 51.1 Å². The molecule has 7 nitrogen and oxygen atoms in total. The number of hydrogen-bond acceptors (Lipinski definition) is 8. The van der Waals surface area contributed by atoms with E-state index in [2.05, 4.69) is 18.7 Å². The lowest BCUT2D eigenvalue weighted by molar-refractivity contribution is 0.0550. The smallest absolute Gasteiger partial charge is 0.364 e. The molecule has 2 heterocycles. The number of anilines is 1. The maximum atomic E-state index is 14.9. The molecule has 0 atom stereocenters. The summed E-state index contributed by atoms with van der Waals surface area (Å²) < 4.78 is 34.1. The topological polar surface area (TPSA) is 81.9 Å². The van der Waals surface area contributed by atoms with Gasteiger partial charge in [-0.15, -0.1) is 11.3 Å². The molecule has 0 aliphatic rings. The zero-order chi connectivity index (χ0) is 27.2. The molecular formula is C28H35N2O5PS. The highest BCUT2D eigenvalue weighted by Gasteiger charge is 2.42. The van der Waals surface area contributed by atoms with Gasteiger partial charge in [-0.1, -0.05) is 12.1 Å². The number of thiazole rings is 1. The second-order valence-electron chi connectivity index (χ2n) is 10.9. The van der Waals surface area contributed by atoms with Crippen LogP contribution in [0.3, 0.4) is 0 Å². The first-order valence-electron chi connectivity index (χ1n) is 12.5. The molecule has 0 amide bonds. The average molecular weight is 543 g/mol. The molecular weight excluding hydrogens is 507 g/mol. The lowest BCUT2D eigenvalue weighted by Gasteiger charge is -2.33. The SMILES string of the molecule is CCN(CC)c1ccc2c(P(=O)(OC(C)(C)C)OC(C)(C)C)c(-c3nc4ccccc4s3)c(=O)oc2c1. The number of para-hydroxylation sites is 1. The quantitative estimate of drug-likeness (QED) is 0.178. The van der Waals surface area contributed by atoms with Gasteiger partial charge in [0.2, 0.25) is 0 Å². The minimum Gasteiger partial charge on any atom is -0.422 e. The van der Waals surface area contributed by atoms with Gasteiger partial charge in [0.15, 0.2) is 0 Å². The van der Waals surface area contributed by atoms with Crippen molar-refractivity contribution in [3.63, 3.8) is 0 Å². The lowest BCUT2D eigenvalue weighted by Crippen LogP contribution is -2.31. The highest BCUT2D eigenvalue weighted by atomic mass is 32.1. The van der Waals surface area contributed by atoms with Gasteiger partial charge < -0.3 is 9.32 Å². The van der Waals surface area contributed by atoms with Gasteiger partial charge in [0.25, 0.3) is 0 Å². The fourth-order valence-corrected chi connectivity index (χ4v) is 7.94. The summed E-state index contributed by atoms with van der Waals surface area (Å²) in [5, 5.41) is 1.10. The third kappa shape index (κ3) is 5.83. The Morgan fingerprint density at radius 2 is 1.59 bits per heavy atom. The predicted molar refractivity (Wildman–Crippen MR) is 154 cm³/mol. The van der Waals surface area contributed by atoms with Gasteiger partial charge in [-0.05, 0) is 79.7 Å². The molecule has 0 fully saturated rings. The number of fused-ring (bicyclic) bond motifs is 2. The zero-order valence-corrected chi connectivity index (χ0v) is 24.5. The van der Waals surface area contributed by atoms with Crippen molar-refractivity contribution < 1.29 is 18.0 Å². The van der Waals surface area contributed by atoms with Crippen LogP contribution in [-0.4, -0.2) is 29.3 Å². The van der Waals surface area contributed by atoms with Gasteiger partial charge in [-0.3, -0.25) is 13.6 Å². The molecule has 37 heavy (non-hydrogen) atoms. The van der Waals surface area contributed by atoms with Crippen LogP contribution in [0.5, 0.6) is 0 Å². The summed E-state index contributed by atoms with van der Waals surface area (Å²) in [6.07, 6.45) is 0. The van der Waals surface area contributed by atoms with E-state index in [4.69, 9.17) is 18.4 Å².